The highest BCUT2D eigenvalue weighted by atomic mass is 19.1. The van der Waals surface area contributed by atoms with Crippen LogP contribution in [0, 0.1) is 17.6 Å². The molecule has 0 spiro atoms. The third-order valence-corrected chi connectivity index (χ3v) is 3.42. The van der Waals surface area contributed by atoms with Gasteiger partial charge in [0.2, 0.25) is 5.91 Å². The molecule has 0 aliphatic heterocycles. The molecule has 0 unspecified atom stereocenters. The van der Waals surface area contributed by atoms with Crippen molar-refractivity contribution in [1.29, 1.82) is 0 Å². The molecule has 0 aliphatic rings. The van der Waals surface area contributed by atoms with Gasteiger partial charge < -0.3 is 14.8 Å². The number of methoxy groups -OCH3 is 2. The number of ether oxygens (including phenoxy) is 2. The Hall–Kier alpha value is -2.51. The lowest BCUT2D eigenvalue weighted by Crippen LogP contribution is -2.47. The van der Waals surface area contributed by atoms with Gasteiger partial charge in [-0.15, -0.1) is 0 Å². The van der Waals surface area contributed by atoms with Gasteiger partial charge in [-0.05, 0) is 17.5 Å². The molecule has 0 aliphatic carbocycles. The van der Waals surface area contributed by atoms with Gasteiger partial charge >= 0.3 is 11.9 Å². The molecule has 1 aromatic carbocycles. The number of carbonyl (C=O) groups excluding carboxylic acids is 3. The van der Waals surface area contributed by atoms with Crippen molar-refractivity contribution in [2.45, 2.75) is 25.8 Å². The molecule has 0 aromatic heterocycles. The van der Waals surface area contributed by atoms with Gasteiger partial charge in [-0.25, -0.2) is 13.6 Å². The van der Waals surface area contributed by atoms with Crippen LogP contribution in [-0.4, -0.2) is 38.1 Å². The zero-order valence-corrected chi connectivity index (χ0v) is 13.6. The summed E-state index contributed by atoms with van der Waals surface area (Å²) in [6.07, 6.45) is -0.494. The number of carbonyl (C=O) groups is 3. The van der Waals surface area contributed by atoms with Crippen molar-refractivity contribution in [1.82, 2.24) is 5.32 Å². The Balaban J connectivity index is 2.80. The van der Waals surface area contributed by atoms with Crippen LogP contribution in [0.2, 0.25) is 0 Å². The van der Waals surface area contributed by atoms with Crippen LogP contribution < -0.4 is 5.32 Å². The van der Waals surface area contributed by atoms with E-state index in [-0.39, 0.29) is 18.4 Å². The van der Waals surface area contributed by atoms with Crippen LogP contribution in [0.4, 0.5) is 8.78 Å². The summed E-state index contributed by atoms with van der Waals surface area (Å²) < 4.78 is 35.6. The fourth-order valence-corrected chi connectivity index (χ4v) is 2.09. The number of hydrogen-bond acceptors (Lipinski definition) is 5. The van der Waals surface area contributed by atoms with Crippen molar-refractivity contribution in [3.63, 3.8) is 0 Å². The summed E-state index contributed by atoms with van der Waals surface area (Å²) in [4.78, 5) is 35.2. The molecule has 2 atom stereocenters. The molecular formula is C16H19F2NO5. The molecule has 1 N–H and O–H groups in total. The highest BCUT2D eigenvalue weighted by Crippen LogP contribution is 2.13. The molecule has 1 rings (SSSR count). The van der Waals surface area contributed by atoms with Crippen LogP contribution in [0.15, 0.2) is 18.2 Å². The van der Waals surface area contributed by atoms with Gasteiger partial charge in [0, 0.05) is 6.07 Å². The number of benzene rings is 1. The largest absolute Gasteiger partial charge is 0.469 e. The number of hydrogen-bond donors (Lipinski definition) is 1. The Morgan fingerprint density at radius 3 is 2.38 bits per heavy atom. The van der Waals surface area contributed by atoms with Gasteiger partial charge in [0.15, 0.2) is 0 Å². The smallest absolute Gasteiger partial charge is 0.328 e. The second kappa shape index (κ2) is 8.95. The molecule has 0 saturated carbocycles. The highest BCUT2D eigenvalue weighted by molar-refractivity contribution is 5.86. The highest BCUT2D eigenvalue weighted by Gasteiger charge is 2.29. The summed E-state index contributed by atoms with van der Waals surface area (Å²) in [5.41, 5.74) is -0.0156. The van der Waals surface area contributed by atoms with E-state index in [1.165, 1.54) is 7.11 Å². The second-order valence-corrected chi connectivity index (χ2v) is 5.24. The molecular weight excluding hydrogens is 324 g/mol. The Bertz CT molecular complexity index is 620. The monoisotopic (exact) mass is 343 g/mol. The minimum absolute atomic E-state index is 0.0156. The first-order valence-corrected chi connectivity index (χ1v) is 7.16. The number of amides is 1. The number of esters is 2. The Morgan fingerprint density at radius 1 is 1.17 bits per heavy atom. The van der Waals surface area contributed by atoms with E-state index in [0.717, 1.165) is 19.2 Å². The van der Waals surface area contributed by atoms with Crippen LogP contribution in [-0.2, 0) is 30.3 Å². The first-order chi connectivity index (χ1) is 11.3. The zero-order valence-electron chi connectivity index (χ0n) is 13.6. The minimum Gasteiger partial charge on any atom is -0.469 e. The van der Waals surface area contributed by atoms with E-state index in [9.17, 15) is 23.2 Å². The molecule has 0 radical (unpaired) electrons. The molecule has 8 heteroatoms. The van der Waals surface area contributed by atoms with Gasteiger partial charge in [0.1, 0.15) is 17.7 Å². The molecule has 24 heavy (non-hydrogen) atoms. The molecule has 132 valence electrons. The molecule has 6 nitrogen and oxygen atoms in total. The number of nitrogens with one attached hydrogen (secondary N) is 1. The maximum Gasteiger partial charge on any atom is 0.328 e. The second-order valence-electron chi connectivity index (χ2n) is 5.24. The molecule has 1 aromatic rings. The lowest BCUT2D eigenvalue weighted by atomic mass is 9.97. The van der Waals surface area contributed by atoms with Gasteiger partial charge in [-0.3, -0.25) is 9.59 Å². The molecule has 0 bridgehead atoms. The maximum atomic E-state index is 13.6. The lowest BCUT2D eigenvalue weighted by molar-refractivity contribution is -0.148. The van der Waals surface area contributed by atoms with E-state index in [1.54, 1.807) is 6.92 Å². The first kappa shape index (κ1) is 19.5. The summed E-state index contributed by atoms with van der Waals surface area (Å²) >= 11 is 0. The average molecular weight is 343 g/mol. The summed E-state index contributed by atoms with van der Waals surface area (Å²) in [5, 5.41) is 2.41. The predicted octanol–water partition coefficient (Wildman–Crippen LogP) is 1.36. The molecule has 0 heterocycles. The summed E-state index contributed by atoms with van der Waals surface area (Å²) in [7, 11) is 2.35. The summed E-state index contributed by atoms with van der Waals surface area (Å²) in [6.45, 7) is 1.57. The van der Waals surface area contributed by atoms with Gasteiger partial charge in [-0.2, -0.15) is 0 Å². The van der Waals surface area contributed by atoms with Gasteiger partial charge in [0.05, 0.1) is 27.1 Å². The lowest BCUT2D eigenvalue weighted by Gasteiger charge is -2.22. The zero-order chi connectivity index (χ0) is 18.3. The number of halogens is 2. The van der Waals surface area contributed by atoms with Gasteiger partial charge in [-0.1, -0.05) is 13.0 Å². The van der Waals surface area contributed by atoms with Crippen molar-refractivity contribution in [2.24, 2.45) is 5.92 Å². The summed E-state index contributed by atoms with van der Waals surface area (Å²) in [5.74, 6) is -4.15. The van der Waals surface area contributed by atoms with Crippen LogP contribution in [0.25, 0.3) is 0 Å². The third-order valence-electron chi connectivity index (χ3n) is 3.42. The van der Waals surface area contributed by atoms with Crippen molar-refractivity contribution in [2.75, 3.05) is 14.2 Å². The maximum absolute atomic E-state index is 13.6. The van der Waals surface area contributed by atoms with Crippen molar-refractivity contribution >= 4 is 17.8 Å². The fraction of sp³-hybridized carbons (Fsp3) is 0.438. The third kappa shape index (κ3) is 5.60. The Kier molecular flexibility index (Phi) is 7.29. The SMILES string of the molecule is COC(=O)C[C@@H](C)[C@@H](NC(=O)Cc1ccc(F)cc1F)C(=O)OC. The van der Waals surface area contributed by atoms with E-state index in [0.29, 0.717) is 6.07 Å². The van der Waals surface area contributed by atoms with Crippen LogP contribution in [0.1, 0.15) is 18.9 Å². The normalized spacial score (nSPS) is 12.9. The molecule has 1 amide bonds. The van der Waals surface area contributed by atoms with Crippen molar-refractivity contribution in [3.05, 3.63) is 35.4 Å². The van der Waals surface area contributed by atoms with Crippen molar-refractivity contribution < 1.29 is 32.6 Å². The fourth-order valence-electron chi connectivity index (χ4n) is 2.09. The molecule has 0 fully saturated rings. The standard InChI is InChI=1S/C16H19F2NO5/c1-9(6-14(21)23-2)15(16(22)24-3)19-13(20)7-10-4-5-11(17)8-12(10)18/h4-5,8-9,15H,6-7H2,1-3H3,(H,19,20)/t9-,15-/m1/s1. The summed E-state index contributed by atoms with van der Waals surface area (Å²) in [6, 6.07) is 1.75. The quantitative estimate of drug-likeness (QED) is 0.756. The van der Waals surface area contributed by atoms with E-state index >= 15 is 0 Å². The predicted molar refractivity (Wildman–Crippen MR) is 79.8 cm³/mol. The van der Waals surface area contributed by atoms with Crippen LogP contribution >= 0.6 is 0 Å². The van der Waals surface area contributed by atoms with E-state index in [4.69, 9.17) is 0 Å². The Labute approximate surface area is 138 Å². The Morgan fingerprint density at radius 2 is 1.83 bits per heavy atom. The average Bonchev–Trinajstić information content (AvgIpc) is 2.54. The van der Waals surface area contributed by atoms with Crippen LogP contribution in [0.5, 0.6) is 0 Å². The minimum atomic E-state index is -1.09. The molecule has 0 saturated heterocycles. The first-order valence-electron chi connectivity index (χ1n) is 7.16. The van der Waals surface area contributed by atoms with Crippen molar-refractivity contribution in [3.8, 4) is 0 Å². The van der Waals surface area contributed by atoms with Crippen LogP contribution in [0.3, 0.4) is 0 Å². The topological polar surface area (TPSA) is 81.7 Å². The van der Waals surface area contributed by atoms with E-state index in [1.807, 2.05) is 0 Å². The van der Waals surface area contributed by atoms with Gasteiger partial charge in [0.25, 0.3) is 0 Å². The number of rotatable bonds is 7. The van der Waals surface area contributed by atoms with E-state index in [2.05, 4.69) is 14.8 Å². The van der Waals surface area contributed by atoms with E-state index < -0.39 is 41.4 Å².